The van der Waals surface area contributed by atoms with E-state index in [1.807, 2.05) is 42.5 Å². The van der Waals surface area contributed by atoms with Gasteiger partial charge in [0.1, 0.15) is 34.6 Å². The quantitative estimate of drug-likeness (QED) is 0.241. The minimum absolute atomic E-state index is 0.0268. The van der Waals surface area contributed by atoms with Crippen LogP contribution in [0.25, 0.3) is 26.5 Å². The Balaban J connectivity index is 1.42. The number of ether oxygens (including phenoxy) is 4. The summed E-state index contributed by atoms with van der Waals surface area (Å²) in [4.78, 5) is 4.79. The van der Waals surface area contributed by atoms with E-state index in [0.717, 1.165) is 54.9 Å². The Bertz CT molecular complexity index is 1480. The predicted molar refractivity (Wildman–Crippen MR) is 155 cm³/mol. The summed E-state index contributed by atoms with van der Waals surface area (Å²) in [6.45, 7) is 12.2. The third kappa shape index (κ3) is 5.10. The van der Waals surface area contributed by atoms with Crippen molar-refractivity contribution in [3.8, 4) is 27.8 Å². The molecule has 1 aliphatic rings. The van der Waals surface area contributed by atoms with Crippen LogP contribution in [0.1, 0.15) is 45.7 Å². The summed E-state index contributed by atoms with van der Waals surface area (Å²) in [5.74, 6) is 3.16. The van der Waals surface area contributed by atoms with Crippen LogP contribution in [0.4, 0.5) is 0 Å². The maximum atomic E-state index is 6.27. The number of rotatable bonds is 7. The molecule has 0 spiro atoms. The van der Waals surface area contributed by atoms with Gasteiger partial charge in [-0.1, -0.05) is 52.8 Å². The SMILES string of the molecule is COc1cc(OCc2ccc(-c3nc4ccccc4s3)c(OC)c2)cc(C2=C(C(C)(C)C)C(C)(C)CO2)c1. The highest BCUT2D eigenvalue weighted by atomic mass is 32.1. The molecule has 38 heavy (non-hydrogen) atoms. The maximum absolute atomic E-state index is 6.27. The van der Waals surface area contributed by atoms with Gasteiger partial charge in [0.05, 0.1) is 36.6 Å². The lowest BCUT2D eigenvalue weighted by atomic mass is 9.71. The molecule has 0 bridgehead atoms. The topological polar surface area (TPSA) is 49.8 Å². The van der Waals surface area contributed by atoms with Gasteiger partial charge >= 0.3 is 0 Å². The van der Waals surface area contributed by atoms with Gasteiger partial charge in [-0.2, -0.15) is 0 Å². The van der Waals surface area contributed by atoms with E-state index in [4.69, 9.17) is 23.9 Å². The van der Waals surface area contributed by atoms with E-state index in [-0.39, 0.29) is 10.8 Å². The summed E-state index contributed by atoms with van der Waals surface area (Å²) in [7, 11) is 3.36. The number of benzene rings is 3. The monoisotopic (exact) mass is 529 g/mol. The minimum atomic E-state index is -0.0424. The van der Waals surface area contributed by atoms with Gasteiger partial charge in [0.25, 0.3) is 0 Å². The van der Waals surface area contributed by atoms with Gasteiger partial charge in [-0.05, 0) is 52.9 Å². The van der Waals surface area contributed by atoms with Crippen molar-refractivity contribution in [2.75, 3.05) is 20.8 Å². The molecule has 6 heteroatoms. The number of thiazole rings is 1. The van der Waals surface area contributed by atoms with Crippen LogP contribution < -0.4 is 14.2 Å². The number of fused-ring (bicyclic) bond motifs is 1. The van der Waals surface area contributed by atoms with Gasteiger partial charge in [-0.25, -0.2) is 4.98 Å². The second-order valence-corrected chi connectivity index (χ2v) is 12.4. The molecule has 0 saturated heterocycles. The number of hydrogen-bond donors (Lipinski definition) is 0. The van der Waals surface area contributed by atoms with E-state index in [9.17, 15) is 0 Å². The Hall–Kier alpha value is -3.51. The van der Waals surface area contributed by atoms with Crippen molar-refractivity contribution in [1.82, 2.24) is 4.98 Å². The molecule has 1 aromatic heterocycles. The largest absolute Gasteiger partial charge is 0.497 e. The second kappa shape index (κ2) is 9.99. The summed E-state index contributed by atoms with van der Waals surface area (Å²) in [5.41, 5.74) is 5.18. The summed E-state index contributed by atoms with van der Waals surface area (Å²) in [5, 5.41) is 0.940. The third-order valence-corrected chi connectivity index (χ3v) is 7.87. The normalized spacial score (nSPS) is 15.0. The highest BCUT2D eigenvalue weighted by Gasteiger charge is 2.41. The molecule has 0 N–H and O–H groups in total. The first kappa shape index (κ1) is 26.1. The van der Waals surface area contributed by atoms with Crippen molar-refractivity contribution >= 4 is 27.3 Å². The zero-order valence-electron chi connectivity index (χ0n) is 23.2. The molecule has 0 atom stereocenters. The molecule has 0 radical (unpaired) electrons. The first-order valence-corrected chi connectivity index (χ1v) is 13.6. The Morgan fingerprint density at radius 2 is 1.71 bits per heavy atom. The summed E-state index contributed by atoms with van der Waals surface area (Å²) >= 11 is 1.66. The first-order valence-electron chi connectivity index (χ1n) is 12.8. The van der Waals surface area contributed by atoms with Crippen molar-refractivity contribution in [2.45, 2.75) is 41.2 Å². The van der Waals surface area contributed by atoms with Crippen molar-refractivity contribution in [3.63, 3.8) is 0 Å². The number of hydrogen-bond acceptors (Lipinski definition) is 6. The Kier molecular flexibility index (Phi) is 6.86. The van der Waals surface area contributed by atoms with Crippen LogP contribution in [0.2, 0.25) is 0 Å². The van der Waals surface area contributed by atoms with Crippen LogP contribution in [0.15, 0.2) is 66.2 Å². The highest BCUT2D eigenvalue weighted by Crippen LogP contribution is 2.50. The maximum Gasteiger partial charge on any atom is 0.129 e. The summed E-state index contributed by atoms with van der Waals surface area (Å²) in [6.07, 6.45) is 0. The van der Waals surface area contributed by atoms with Gasteiger partial charge in [0.15, 0.2) is 0 Å². The summed E-state index contributed by atoms with van der Waals surface area (Å²) < 4.78 is 25.1. The smallest absolute Gasteiger partial charge is 0.129 e. The van der Waals surface area contributed by atoms with Gasteiger partial charge in [0, 0.05) is 17.0 Å². The molecule has 5 rings (SSSR count). The fourth-order valence-electron chi connectivity index (χ4n) is 5.35. The molecule has 198 valence electrons. The molecule has 3 aromatic carbocycles. The fraction of sp³-hybridized carbons (Fsp3) is 0.344. The fourth-order valence-corrected chi connectivity index (χ4v) is 6.34. The molecule has 0 amide bonds. The van der Waals surface area contributed by atoms with Crippen LogP contribution in [-0.4, -0.2) is 25.8 Å². The lowest BCUT2D eigenvalue weighted by Crippen LogP contribution is -2.24. The van der Waals surface area contributed by atoms with Crippen LogP contribution in [-0.2, 0) is 11.3 Å². The van der Waals surface area contributed by atoms with Gasteiger partial charge < -0.3 is 18.9 Å². The van der Waals surface area contributed by atoms with Gasteiger partial charge in [-0.3, -0.25) is 0 Å². The molecule has 0 saturated carbocycles. The zero-order chi connectivity index (χ0) is 27.1. The minimum Gasteiger partial charge on any atom is -0.497 e. The molecule has 0 fully saturated rings. The lowest BCUT2D eigenvalue weighted by Gasteiger charge is -2.31. The summed E-state index contributed by atoms with van der Waals surface area (Å²) in [6, 6.07) is 20.3. The van der Waals surface area contributed by atoms with E-state index in [1.54, 1.807) is 25.6 Å². The molecular weight excluding hydrogens is 494 g/mol. The van der Waals surface area contributed by atoms with E-state index < -0.39 is 0 Å². The number of methoxy groups -OCH3 is 2. The van der Waals surface area contributed by atoms with Crippen molar-refractivity contribution in [2.24, 2.45) is 10.8 Å². The van der Waals surface area contributed by atoms with Crippen molar-refractivity contribution in [1.29, 1.82) is 0 Å². The highest BCUT2D eigenvalue weighted by molar-refractivity contribution is 7.21. The van der Waals surface area contributed by atoms with Crippen LogP contribution in [0, 0.1) is 10.8 Å². The predicted octanol–water partition coefficient (Wildman–Crippen LogP) is 8.37. The average molecular weight is 530 g/mol. The average Bonchev–Trinajstić information content (AvgIpc) is 3.47. The molecule has 0 unspecified atom stereocenters. The van der Waals surface area contributed by atoms with Gasteiger partial charge in [-0.15, -0.1) is 11.3 Å². The molecule has 0 aliphatic carbocycles. The van der Waals surface area contributed by atoms with Gasteiger partial charge in [0.2, 0.25) is 0 Å². The zero-order valence-corrected chi connectivity index (χ0v) is 24.0. The molecule has 4 aromatic rings. The Morgan fingerprint density at radius 1 is 0.947 bits per heavy atom. The van der Waals surface area contributed by atoms with Crippen LogP contribution >= 0.6 is 11.3 Å². The van der Waals surface area contributed by atoms with Crippen molar-refractivity contribution in [3.05, 3.63) is 77.4 Å². The number of para-hydroxylation sites is 1. The lowest BCUT2D eigenvalue weighted by molar-refractivity contribution is 0.213. The molecular formula is C32H35NO4S. The Morgan fingerprint density at radius 3 is 2.42 bits per heavy atom. The number of nitrogens with zero attached hydrogens (tertiary/aromatic N) is 1. The number of aromatic nitrogens is 1. The Labute approximate surface area is 229 Å². The van der Waals surface area contributed by atoms with E-state index in [0.29, 0.717) is 13.2 Å². The second-order valence-electron chi connectivity index (χ2n) is 11.3. The standard InChI is InChI=1S/C32H35NO4S/c1-31(2,3)29-28(37-19-32(29,4)5)21-15-22(34-6)17-23(16-21)36-18-20-12-13-24(26(14-20)35-7)30-33-25-10-8-9-11-27(25)38-30/h8-17H,18-19H2,1-7H3. The van der Waals surface area contributed by atoms with Crippen molar-refractivity contribution < 1.29 is 18.9 Å². The van der Waals surface area contributed by atoms with Crippen LogP contribution in [0.5, 0.6) is 17.2 Å². The van der Waals surface area contributed by atoms with E-state index in [2.05, 4.69) is 52.8 Å². The van der Waals surface area contributed by atoms with E-state index >= 15 is 0 Å². The molecule has 2 heterocycles. The van der Waals surface area contributed by atoms with Crippen LogP contribution in [0.3, 0.4) is 0 Å². The third-order valence-electron chi connectivity index (χ3n) is 6.80. The van der Waals surface area contributed by atoms with E-state index in [1.165, 1.54) is 5.57 Å². The molecule has 5 nitrogen and oxygen atoms in total. The first-order chi connectivity index (χ1) is 18.1. The molecule has 1 aliphatic heterocycles.